The number of aryl methyl sites for hydroxylation is 2. The molecule has 0 saturated heterocycles. The molecule has 2 aromatic carbocycles. The van der Waals surface area contributed by atoms with E-state index in [4.69, 9.17) is 0 Å². The van der Waals surface area contributed by atoms with Gasteiger partial charge in [0, 0.05) is 23.5 Å². The molecular weight excluding hydrogens is 428 g/mol. The summed E-state index contributed by atoms with van der Waals surface area (Å²) in [7, 11) is 0. The van der Waals surface area contributed by atoms with E-state index in [0.29, 0.717) is 35.0 Å². The molecule has 1 aromatic heterocycles. The van der Waals surface area contributed by atoms with Crippen LogP contribution in [0.4, 0.5) is 5.69 Å². The molecule has 1 heterocycles. The molecule has 7 heteroatoms. The van der Waals surface area contributed by atoms with Gasteiger partial charge < -0.3 is 15.2 Å². The molecule has 7 nitrogen and oxygen atoms in total. The van der Waals surface area contributed by atoms with Crippen molar-refractivity contribution in [1.29, 1.82) is 5.26 Å². The number of aromatic nitrogens is 1. The largest absolute Gasteiger partial charge is 0.348 e. The van der Waals surface area contributed by atoms with Crippen molar-refractivity contribution in [3.63, 3.8) is 0 Å². The van der Waals surface area contributed by atoms with Crippen LogP contribution in [0.15, 0.2) is 59.4 Å². The van der Waals surface area contributed by atoms with Gasteiger partial charge >= 0.3 is 0 Å². The Bertz CT molecular complexity index is 1320. The lowest BCUT2D eigenvalue weighted by Gasteiger charge is -2.13. The molecule has 174 valence electrons. The van der Waals surface area contributed by atoms with Gasteiger partial charge in [0.25, 0.3) is 11.5 Å². The number of rotatable bonds is 7. The molecule has 2 N–H and O–H groups in total. The van der Waals surface area contributed by atoms with Gasteiger partial charge in [-0.3, -0.25) is 14.4 Å². The third kappa shape index (κ3) is 5.78. The molecule has 0 bridgehead atoms. The molecule has 0 atom stereocenters. The van der Waals surface area contributed by atoms with E-state index in [1.807, 2.05) is 18.2 Å². The number of carbonyl (C=O) groups is 2. The third-order valence-corrected chi connectivity index (χ3v) is 5.63. The van der Waals surface area contributed by atoms with Gasteiger partial charge in [0.1, 0.15) is 18.2 Å². The molecule has 0 aliphatic rings. The number of nitrogens with zero attached hydrogens (tertiary/aromatic N) is 2. The van der Waals surface area contributed by atoms with Gasteiger partial charge in [0.2, 0.25) is 5.91 Å². The van der Waals surface area contributed by atoms with Crippen molar-refractivity contribution in [3.05, 3.63) is 98.5 Å². The molecule has 0 fully saturated rings. The molecule has 0 saturated carbocycles. The lowest BCUT2D eigenvalue weighted by atomic mass is 10.0. The Hall–Kier alpha value is -4.18. The molecule has 34 heavy (non-hydrogen) atoms. The monoisotopic (exact) mass is 456 g/mol. The number of pyridine rings is 1. The number of amides is 2. The second-order valence-electron chi connectivity index (χ2n) is 8.55. The first-order valence-electron chi connectivity index (χ1n) is 11.1. The van der Waals surface area contributed by atoms with Crippen molar-refractivity contribution in [2.45, 2.75) is 46.7 Å². The van der Waals surface area contributed by atoms with Crippen molar-refractivity contribution in [2.24, 2.45) is 0 Å². The zero-order valence-corrected chi connectivity index (χ0v) is 19.8. The third-order valence-electron chi connectivity index (χ3n) is 5.63. The first kappa shape index (κ1) is 24.5. The highest BCUT2D eigenvalue weighted by Crippen LogP contribution is 2.15. The molecule has 0 spiro atoms. The standard InChI is InChI=1S/C27H28N4O3/c1-17(2)21-10-8-20(9-11-21)15-29-26(33)22-6-5-7-23(13-22)30-25(32)16-31-19(4)12-18(3)24(14-28)27(31)34/h5-13,17H,15-16H2,1-4H3,(H,29,33)(H,30,32). The summed E-state index contributed by atoms with van der Waals surface area (Å²) < 4.78 is 1.27. The van der Waals surface area contributed by atoms with Gasteiger partial charge in [0.05, 0.1) is 0 Å². The van der Waals surface area contributed by atoms with E-state index >= 15 is 0 Å². The van der Waals surface area contributed by atoms with Gasteiger partial charge in [-0.05, 0) is 60.7 Å². The molecule has 0 radical (unpaired) electrons. The fraction of sp³-hybridized carbons (Fsp3) is 0.259. The minimum atomic E-state index is -0.496. The van der Waals surface area contributed by atoms with Crippen molar-refractivity contribution in [3.8, 4) is 6.07 Å². The fourth-order valence-corrected chi connectivity index (χ4v) is 3.65. The zero-order chi connectivity index (χ0) is 24.8. The molecular formula is C27H28N4O3. The van der Waals surface area contributed by atoms with E-state index in [1.54, 1.807) is 44.2 Å². The van der Waals surface area contributed by atoms with Crippen molar-refractivity contribution in [1.82, 2.24) is 9.88 Å². The van der Waals surface area contributed by atoms with Crippen LogP contribution in [0.25, 0.3) is 0 Å². The van der Waals surface area contributed by atoms with Gasteiger partial charge in [-0.25, -0.2) is 0 Å². The summed E-state index contributed by atoms with van der Waals surface area (Å²) >= 11 is 0. The van der Waals surface area contributed by atoms with Crippen molar-refractivity contribution < 1.29 is 9.59 Å². The van der Waals surface area contributed by atoms with Crippen molar-refractivity contribution in [2.75, 3.05) is 5.32 Å². The van der Waals surface area contributed by atoms with Crippen LogP contribution in [0.2, 0.25) is 0 Å². The van der Waals surface area contributed by atoms with Crippen LogP contribution in [0.5, 0.6) is 0 Å². The van der Waals surface area contributed by atoms with E-state index < -0.39 is 11.5 Å². The Morgan fingerprint density at radius 3 is 2.41 bits per heavy atom. The number of hydrogen-bond donors (Lipinski definition) is 2. The summed E-state index contributed by atoms with van der Waals surface area (Å²) in [5.74, 6) is -0.238. The van der Waals surface area contributed by atoms with E-state index in [9.17, 15) is 19.6 Å². The van der Waals surface area contributed by atoms with Crippen LogP contribution in [0, 0.1) is 25.2 Å². The number of carbonyl (C=O) groups excluding carboxylic acids is 2. The van der Waals surface area contributed by atoms with E-state index in [-0.39, 0.29) is 18.0 Å². The van der Waals surface area contributed by atoms with Crippen LogP contribution in [-0.2, 0) is 17.9 Å². The van der Waals surface area contributed by atoms with E-state index in [2.05, 4.69) is 36.6 Å². The smallest absolute Gasteiger partial charge is 0.269 e. The first-order chi connectivity index (χ1) is 16.2. The maximum absolute atomic E-state index is 12.6. The molecule has 3 rings (SSSR count). The number of nitrogens with one attached hydrogen (secondary N) is 2. The molecule has 0 aliphatic heterocycles. The summed E-state index contributed by atoms with van der Waals surface area (Å²) in [6, 6.07) is 18.3. The predicted molar refractivity (Wildman–Crippen MR) is 132 cm³/mol. The summed E-state index contributed by atoms with van der Waals surface area (Å²) in [5, 5.41) is 14.8. The highest BCUT2D eigenvalue weighted by Gasteiger charge is 2.14. The molecule has 0 unspecified atom stereocenters. The average Bonchev–Trinajstić information content (AvgIpc) is 2.80. The highest BCUT2D eigenvalue weighted by molar-refractivity contribution is 5.97. The maximum atomic E-state index is 12.6. The van der Waals surface area contributed by atoms with Crippen molar-refractivity contribution >= 4 is 17.5 Å². The number of nitriles is 1. The zero-order valence-electron chi connectivity index (χ0n) is 19.8. The summed E-state index contributed by atoms with van der Waals surface area (Å²) in [5.41, 5.74) is 3.79. The summed E-state index contributed by atoms with van der Waals surface area (Å²) in [6.07, 6.45) is 0. The van der Waals surface area contributed by atoms with Crippen LogP contribution in [-0.4, -0.2) is 16.4 Å². The lowest BCUT2D eigenvalue weighted by molar-refractivity contribution is -0.116. The SMILES string of the molecule is Cc1cc(C)n(CC(=O)Nc2cccc(C(=O)NCc3ccc(C(C)C)cc3)c2)c(=O)c1C#N. The van der Waals surface area contributed by atoms with E-state index in [1.165, 1.54) is 10.1 Å². The fourth-order valence-electron chi connectivity index (χ4n) is 3.65. The Morgan fingerprint density at radius 1 is 1.06 bits per heavy atom. The summed E-state index contributed by atoms with van der Waals surface area (Å²) in [6.45, 7) is 7.82. The Morgan fingerprint density at radius 2 is 1.76 bits per heavy atom. The first-order valence-corrected chi connectivity index (χ1v) is 11.1. The average molecular weight is 457 g/mol. The van der Waals surface area contributed by atoms with Crippen LogP contribution >= 0.6 is 0 Å². The second-order valence-corrected chi connectivity index (χ2v) is 8.55. The van der Waals surface area contributed by atoms with E-state index in [0.717, 1.165) is 5.56 Å². The maximum Gasteiger partial charge on any atom is 0.269 e. The number of anilines is 1. The topological polar surface area (TPSA) is 104 Å². The van der Waals surface area contributed by atoms with Gasteiger partial charge in [-0.1, -0.05) is 44.2 Å². The predicted octanol–water partition coefficient (Wildman–Crippen LogP) is 4.03. The highest BCUT2D eigenvalue weighted by atomic mass is 16.2. The molecule has 2 amide bonds. The van der Waals surface area contributed by atoms with Gasteiger partial charge in [0.15, 0.2) is 0 Å². The van der Waals surface area contributed by atoms with Crippen LogP contribution < -0.4 is 16.2 Å². The number of benzene rings is 2. The minimum absolute atomic E-state index is 0.0240. The van der Waals surface area contributed by atoms with Crippen LogP contribution in [0.3, 0.4) is 0 Å². The molecule has 0 aliphatic carbocycles. The molecule has 3 aromatic rings. The Balaban J connectivity index is 1.65. The Kier molecular flexibility index (Phi) is 7.64. The number of hydrogen-bond acceptors (Lipinski definition) is 4. The second kappa shape index (κ2) is 10.6. The van der Waals surface area contributed by atoms with Crippen LogP contribution in [0.1, 0.15) is 58.1 Å². The minimum Gasteiger partial charge on any atom is -0.348 e. The summed E-state index contributed by atoms with van der Waals surface area (Å²) in [4.78, 5) is 37.7. The van der Waals surface area contributed by atoms with Gasteiger partial charge in [-0.2, -0.15) is 5.26 Å². The lowest BCUT2D eigenvalue weighted by Crippen LogP contribution is -2.31. The van der Waals surface area contributed by atoms with Gasteiger partial charge in [-0.15, -0.1) is 0 Å². The Labute approximate surface area is 199 Å². The normalized spacial score (nSPS) is 10.6. The quantitative estimate of drug-likeness (QED) is 0.560.